The van der Waals surface area contributed by atoms with Crippen LogP contribution in [0.1, 0.15) is 49.2 Å². The summed E-state index contributed by atoms with van der Waals surface area (Å²) in [5.41, 5.74) is 4.25. The molecule has 0 saturated carbocycles. The smallest absolute Gasteiger partial charge is 0.306 e. The zero-order chi connectivity index (χ0) is 15.0. The van der Waals surface area contributed by atoms with Crippen LogP contribution < -0.4 is 0 Å². The summed E-state index contributed by atoms with van der Waals surface area (Å²) in [4.78, 5) is 15.5. The summed E-state index contributed by atoms with van der Waals surface area (Å²) in [5.74, 6) is -0.989. The molecule has 0 bridgehead atoms. The lowest BCUT2D eigenvalue weighted by atomic mass is 9.93. The molecule has 1 N–H and O–H groups in total. The third kappa shape index (κ3) is 2.40. The van der Waals surface area contributed by atoms with Crippen molar-refractivity contribution in [2.24, 2.45) is 5.92 Å². The fourth-order valence-corrected chi connectivity index (χ4v) is 2.45. The largest absolute Gasteiger partial charge is 0.481 e. The Morgan fingerprint density at radius 1 is 1.30 bits per heavy atom. The Morgan fingerprint density at radius 2 is 1.95 bits per heavy atom. The van der Waals surface area contributed by atoms with Gasteiger partial charge in [-0.05, 0) is 37.3 Å². The van der Waals surface area contributed by atoms with E-state index < -0.39 is 11.9 Å². The van der Waals surface area contributed by atoms with Gasteiger partial charge in [0.15, 0.2) is 0 Å². The van der Waals surface area contributed by atoms with Crippen LogP contribution in [0.25, 0.3) is 11.1 Å². The lowest BCUT2D eigenvalue weighted by Gasteiger charge is -2.13. The van der Waals surface area contributed by atoms with Crippen molar-refractivity contribution in [3.05, 3.63) is 22.5 Å². The maximum atomic E-state index is 11.1. The molecule has 20 heavy (non-hydrogen) atoms. The first kappa shape index (κ1) is 14.5. The quantitative estimate of drug-likeness (QED) is 0.927. The predicted octanol–water partition coefficient (Wildman–Crippen LogP) is 3.23. The van der Waals surface area contributed by atoms with Crippen molar-refractivity contribution < 1.29 is 14.4 Å². The van der Waals surface area contributed by atoms with Gasteiger partial charge >= 0.3 is 5.97 Å². The molecule has 2 heterocycles. The van der Waals surface area contributed by atoms with Gasteiger partial charge in [0.25, 0.3) is 5.71 Å². The van der Waals surface area contributed by atoms with Crippen LogP contribution in [0.15, 0.2) is 4.52 Å². The summed E-state index contributed by atoms with van der Waals surface area (Å²) in [6, 6.07) is 0. The Kier molecular flexibility index (Phi) is 3.79. The summed E-state index contributed by atoms with van der Waals surface area (Å²) in [6.45, 7) is 9.69. The molecule has 0 aliphatic heterocycles. The zero-order valence-electron chi connectivity index (χ0n) is 12.5. The molecule has 0 radical (unpaired) electrons. The second-order valence-electron chi connectivity index (χ2n) is 5.65. The normalized spacial score (nSPS) is 13.1. The molecule has 0 saturated heterocycles. The third-order valence-electron chi connectivity index (χ3n) is 3.71. The van der Waals surface area contributed by atoms with E-state index in [9.17, 15) is 4.79 Å². The van der Waals surface area contributed by atoms with Crippen molar-refractivity contribution in [3.8, 4) is 0 Å². The maximum absolute atomic E-state index is 11.1. The van der Waals surface area contributed by atoms with Gasteiger partial charge in [0.2, 0.25) is 0 Å². The summed E-state index contributed by atoms with van der Waals surface area (Å²) in [7, 11) is 0. The lowest BCUT2D eigenvalue weighted by Crippen LogP contribution is -2.14. The molecule has 2 aromatic rings. The van der Waals surface area contributed by atoms with E-state index in [4.69, 9.17) is 9.63 Å². The summed E-state index contributed by atoms with van der Waals surface area (Å²) in [6.07, 6.45) is 0.471. The van der Waals surface area contributed by atoms with Crippen molar-refractivity contribution in [1.82, 2.24) is 10.1 Å². The fourth-order valence-electron chi connectivity index (χ4n) is 2.45. The van der Waals surface area contributed by atoms with Crippen LogP contribution in [0.3, 0.4) is 0 Å². The third-order valence-corrected chi connectivity index (χ3v) is 3.71. The average molecular weight is 276 g/mol. The molecule has 0 aliphatic carbocycles. The summed E-state index contributed by atoms with van der Waals surface area (Å²) >= 11 is 0. The van der Waals surface area contributed by atoms with E-state index in [1.165, 1.54) is 0 Å². The van der Waals surface area contributed by atoms with Gasteiger partial charge in [0.1, 0.15) is 0 Å². The van der Waals surface area contributed by atoms with Crippen LogP contribution >= 0.6 is 0 Å². The highest BCUT2D eigenvalue weighted by Gasteiger charge is 2.21. The number of aryl methyl sites for hydroxylation is 2. The Morgan fingerprint density at radius 3 is 2.50 bits per heavy atom. The number of nitrogens with zero attached hydrogens (tertiary/aromatic N) is 2. The van der Waals surface area contributed by atoms with E-state index in [0.29, 0.717) is 12.1 Å². The molecule has 0 amide bonds. The van der Waals surface area contributed by atoms with Gasteiger partial charge in [-0.1, -0.05) is 25.9 Å². The van der Waals surface area contributed by atoms with E-state index >= 15 is 0 Å². The first-order chi connectivity index (χ1) is 9.32. The fraction of sp³-hybridized carbons (Fsp3) is 0.533. The second kappa shape index (κ2) is 5.23. The molecule has 0 spiro atoms. The van der Waals surface area contributed by atoms with E-state index in [2.05, 4.69) is 24.0 Å². The van der Waals surface area contributed by atoms with Crippen LogP contribution in [-0.2, 0) is 11.2 Å². The molecule has 2 aromatic heterocycles. The van der Waals surface area contributed by atoms with Gasteiger partial charge in [0, 0.05) is 5.69 Å². The molecule has 0 aromatic carbocycles. The number of carboxylic acids is 1. The van der Waals surface area contributed by atoms with Gasteiger partial charge in [-0.25, -0.2) is 4.98 Å². The van der Waals surface area contributed by atoms with Gasteiger partial charge in [-0.3, -0.25) is 4.79 Å². The van der Waals surface area contributed by atoms with E-state index in [-0.39, 0.29) is 5.92 Å². The second-order valence-corrected chi connectivity index (χ2v) is 5.65. The molecule has 5 nitrogen and oxygen atoms in total. The average Bonchev–Trinajstić information content (AvgIpc) is 2.77. The summed E-state index contributed by atoms with van der Waals surface area (Å²) in [5, 5.41) is 14.1. The SMILES string of the molecule is Cc1nc2onc(C(C)C)c2c(C)c1CC(C)C(=O)O. The molecular weight excluding hydrogens is 256 g/mol. The van der Waals surface area contributed by atoms with Gasteiger partial charge < -0.3 is 9.63 Å². The number of aliphatic carboxylic acids is 1. The molecular formula is C15H20N2O3. The van der Waals surface area contributed by atoms with Crippen molar-refractivity contribution in [2.45, 2.75) is 47.0 Å². The molecule has 1 unspecified atom stereocenters. The molecule has 2 rings (SSSR count). The van der Waals surface area contributed by atoms with Gasteiger partial charge in [0.05, 0.1) is 17.0 Å². The minimum Gasteiger partial charge on any atom is -0.481 e. The number of pyridine rings is 1. The minimum absolute atomic E-state index is 0.240. The van der Waals surface area contributed by atoms with E-state index in [1.807, 2.05) is 13.8 Å². The number of carboxylic acid groups (broad SMARTS) is 1. The van der Waals surface area contributed by atoms with Crippen molar-refractivity contribution in [2.75, 3.05) is 0 Å². The van der Waals surface area contributed by atoms with Crippen molar-refractivity contribution in [3.63, 3.8) is 0 Å². The number of hydrogen-bond acceptors (Lipinski definition) is 4. The topological polar surface area (TPSA) is 76.2 Å². The van der Waals surface area contributed by atoms with Gasteiger partial charge in [-0.15, -0.1) is 0 Å². The zero-order valence-corrected chi connectivity index (χ0v) is 12.5. The van der Waals surface area contributed by atoms with E-state index in [0.717, 1.165) is 27.9 Å². The molecule has 108 valence electrons. The number of fused-ring (bicyclic) bond motifs is 1. The highest BCUT2D eigenvalue weighted by atomic mass is 16.5. The Hall–Kier alpha value is -1.91. The van der Waals surface area contributed by atoms with Crippen LogP contribution in [0.4, 0.5) is 0 Å². The van der Waals surface area contributed by atoms with Crippen LogP contribution in [-0.4, -0.2) is 21.2 Å². The standard InChI is InChI=1S/C15H20N2O3/c1-7(2)13-12-9(4)11(6-8(3)15(18)19)10(5)16-14(12)20-17-13/h7-8H,6H2,1-5H3,(H,18,19). The number of hydrogen-bond donors (Lipinski definition) is 1. The highest BCUT2D eigenvalue weighted by Crippen LogP contribution is 2.30. The van der Waals surface area contributed by atoms with Crippen molar-refractivity contribution >= 4 is 17.1 Å². The number of aromatic nitrogens is 2. The molecule has 1 atom stereocenters. The molecule has 0 aliphatic rings. The Labute approximate surface area is 118 Å². The van der Waals surface area contributed by atoms with E-state index in [1.54, 1.807) is 6.92 Å². The Balaban J connectivity index is 2.60. The van der Waals surface area contributed by atoms with Crippen LogP contribution in [0, 0.1) is 19.8 Å². The van der Waals surface area contributed by atoms with Crippen molar-refractivity contribution in [1.29, 1.82) is 0 Å². The van der Waals surface area contributed by atoms with Gasteiger partial charge in [-0.2, -0.15) is 0 Å². The van der Waals surface area contributed by atoms with Crippen LogP contribution in [0.5, 0.6) is 0 Å². The summed E-state index contributed by atoms with van der Waals surface area (Å²) < 4.78 is 5.30. The van der Waals surface area contributed by atoms with Crippen LogP contribution in [0.2, 0.25) is 0 Å². The minimum atomic E-state index is -0.793. The molecule has 5 heteroatoms. The lowest BCUT2D eigenvalue weighted by molar-refractivity contribution is -0.141. The predicted molar refractivity (Wildman–Crippen MR) is 75.9 cm³/mol. The maximum Gasteiger partial charge on any atom is 0.306 e. The first-order valence-electron chi connectivity index (χ1n) is 6.81. The number of rotatable bonds is 4. The first-order valence-corrected chi connectivity index (χ1v) is 6.81. The monoisotopic (exact) mass is 276 g/mol. The molecule has 0 fully saturated rings. The number of carbonyl (C=O) groups is 1. The highest BCUT2D eigenvalue weighted by molar-refractivity contribution is 5.82. The Bertz CT molecular complexity index is 659.